The molecule has 0 atom stereocenters. The fourth-order valence-electron chi connectivity index (χ4n) is 1.70. The second-order valence-corrected chi connectivity index (χ2v) is 4.36. The van der Waals surface area contributed by atoms with Crippen LogP contribution < -0.4 is 4.74 Å². The summed E-state index contributed by atoms with van der Waals surface area (Å²) in [5.74, 6) is 6.11. The van der Waals surface area contributed by atoms with Crippen molar-refractivity contribution in [2.45, 2.75) is 13.0 Å². The third-order valence-corrected chi connectivity index (χ3v) is 2.78. The lowest BCUT2D eigenvalue weighted by molar-refractivity contribution is -0.139. The summed E-state index contributed by atoms with van der Waals surface area (Å²) in [4.78, 5) is 11.0. The number of hydrogen-bond donors (Lipinski definition) is 0. The van der Waals surface area contributed by atoms with Crippen molar-refractivity contribution < 1.29 is 14.3 Å². The molecule has 0 unspecified atom stereocenters. The van der Waals surface area contributed by atoms with E-state index >= 15 is 0 Å². The van der Waals surface area contributed by atoms with Gasteiger partial charge in [-0.05, 0) is 23.8 Å². The van der Waals surface area contributed by atoms with Crippen LogP contribution in [0.3, 0.4) is 0 Å². The average Bonchev–Trinajstić information content (AvgIpc) is 2.54. The number of esters is 1. The molecule has 0 fully saturated rings. The molecule has 0 aliphatic carbocycles. The molecule has 3 nitrogen and oxygen atoms in total. The molecule has 0 bridgehead atoms. The van der Waals surface area contributed by atoms with Crippen molar-refractivity contribution in [3.8, 4) is 17.6 Å². The van der Waals surface area contributed by atoms with Gasteiger partial charge in [-0.25, -0.2) is 0 Å². The highest BCUT2D eigenvalue weighted by Crippen LogP contribution is 2.14. The van der Waals surface area contributed by atoms with Gasteiger partial charge in [0, 0.05) is 5.56 Å². The first-order valence-corrected chi connectivity index (χ1v) is 6.60. The summed E-state index contributed by atoms with van der Waals surface area (Å²) >= 11 is 0. The van der Waals surface area contributed by atoms with Crippen LogP contribution in [0.4, 0.5) is 0 Å². The van der Waals surface area contributed by atoms with Gasteiger partial charge in [0.05, 0.1) is 7.11 Å². The van der Waals surface area contributed by atoms with E-state index in [1.807, 2.05) is 54.6 Å². The molecule has 2 rings (SSSR count). The molecule has 2 aromatic carbocycles. The van der Waals surface area contributed by atoms with Crippen molar-refractivity contribution in [1.29, 1.82) is 0 Å². The van der Waals surface area contributed by atoms with E-state index in [1.54, 1.807) is 0 Å². The van der Waals surface area contributed by atoms with E-state index in [9.17, 15) is 4.79 Å². The second kappa shape index (κ2) is 7.76. The minimum Gasteiger partial charge on any atom is -0.489 e. The Hall–Kier alpha value is -2.73. The van der Waals surface area contributed by atoms with Gasteiger partial charge in [-0.2, -0.15) is 0 Å². The standard InChI is InChI=1S/C18H16O3/c1-20-18(19)12-6-10-15-9-5-11-17(13-15)21-14-16-7-3-2-4-8-16/h2-5,7-9,11,13H,12,14H2,1H3. The Bertz CT molecular complexity index is 651. The van der Waals surface area contributed by atoms with Gasteiger partial charge in [0.1, 0.15) is 18.8 Å². The number of benzene rings is 2. The highest BCUT2D eigenvalue weighted by molar-refractivity contribution is 5.72. The Morgan fingerprint density at radius 1 is 1.10 bits per heavy atom. The zero-order valence-corrected chi connectivity index (χ0v) is 11.8. The predicted octanol–water partition coefficient (Wildman–Crippen LogP) is 3.18. The molecule has 0 spiro atoms. The molecule has 0 saturated heterocycles. The summed E-state index contributed by atoms with van der Waals surface area (Å²) < 4.78 is 10.3. The van der Waals surface area contributed by atoms with Gasteiger partial charge < -0.3 is 9.47 Å². The molecule has 0 amide bonds. The Kier molecular flexibility index (Phi) is 5.42. The molecule has 106 valence electrons. The summed E-state index contributed by atoms with van der Waals surface area (Å²) in [6, 6.07) is 17.5. The van der Waals surface area contributed by atoms with Crippen LogP contribution >= 0.6 is 0 Å². The van der Waals surface area contributed by atoms with Crippen molar-refractivity contribution in [2.75, 3.05) is 7.11 Å². The van der Waals surface area contributed by atoms with Crippen LogP contribution in [0.25, 0.3) is 0 Å². The van der Waals surface area contributed by atoms with Crippen LogP contribution in [0.15, 0.2) is 54.6 Å². The van der Waals surface area contributed by atoms with Crippen LogP contribution in [0.2, 0.25) is 0 Å². The Morgan fingerprint density at radius 3 is 2.67 bits per heavy atom. The second-order valence-electron chi connectivity index (χ2n) is 4.36. The lowest BCUT2D eigenvalue weighted by Gasteiger charge is -2.06. The first kappa shape index (κ1) is 14.7. The molecule has 0 aliphatic heterocycles. The molecular formula is C18H16O3. The van der Waals surface area contributed by atoms with E-state index in [4.69, 9.17) is 4.74 Å². The summed E-state index contributed by atoms with van der Waals surface area (Å²) in [6.45, 7) is 0.514. The van der Waals surface area contributed by atoms with Crippen molar-refractivity contribution in [2.24, 2.45) is 0 Å². The average molecular weight is 280 g/mol. The van der Waals surface area contributed by atoms with Crippen LogP contribution in [-0.4, -0.2) is 13.1 Å². The van der Waals surface area contributed by atoms with Gasteiger partial charge >= 0.3 is 5.97 Å². The lowest BCUT2D eigenvalue weighted by atomic mass is 10.2. The topological polar surface area (TPSA) is 35.5 Å². The van der Waals surface area contributed by atoms with E-state index in [0.717, 1.165) is 16.9 Å². The van der Waals surface area contributed by atoms with E-state index < -0.39 is 0 Å². The molecule has 0 heterocycles. The van der Waals surface area contributed by atoms with Gasteiger partial charge in [-0.3, -0.25) is 4.79 Å². The number of ether oxygens (including phenoxy) is 2. The molecular weight excluding hydrogens is 264 g/mol. The van der Waals surface area contributed by atoms with Gasteiger partial charge in [-0.15, -0.1) is 0 Å². The molecule has 0 radical (unpaired) electrons. The SMILES string of the molecule is COC(=O)CC#Cc1cccc(OCc2ccccc2)c1. The third-order valence-electron chi connectivity index (χ3n) is 2.78. The first-order valence-electron chi connectivity index (χ1n) is 6.60. The molecule has 0 aliphatic rings. The largest absolute Gasteiger partial charge is 0.489 e. The summed E-state index contributed by atoms with van der Waals surface area (Å²) in [5, 5.41) is 0. The zero-order valence-electron chi connectivity index (χ0n) is 11.8. The first-order chi connectivity index (χ1) is 10.3. The van der Waals surface area contributed by atoms with Gasteiger partial charge in [0.25, 0.3) is 0 Å². The van der Waals surface area contributed by atoms with Crippen molar-refractivity contribution >= 4 is 5.97 Å². The van der Waals surface area contributed by atoms with E-state index in [2.05, 4.69) is 16.6 Å². The van der Waals surface area contributed by atoms with Crippen molar-refractivity contribution in [1.82, 2.24) is 0 Å². The predicted molar refractivity (Wildman–Crippen MR) is 80.7 cm³/mol. The Balaban J connectivity index is 1.96. The van der Waals surface area contributed by atoms with Crippen LogP contribution in [-0.2, 0) is 16.1 Å². The summed E-state index contributed by atoms with van der Waals surface area (Å²) in [6.07, 6.45) is 0.0889. The van der Waals surface area contributed by atoms with Gasteiger partial charge in [0.2, 0.25) is 0 Å². The van der Waals surface area contributed by atoms with Gasteiger partial charge in [-0.1, -0.05) is 48.2 Å². The lowest BCUT2D eigenvalue weighted by Crippen LogP contribution is -1.97. The molecule has 2 aromatic rings. The fourth-order valence-corrected chi connectivity index (χ4v) is 1.70. The fraction of sp³-hybridized carbons (Fsp3) is 0.167. The maximum Gasteiger partial charge on any atom is 0.317 e. The summed E-state index contributed by atoms with van der Waals surface area (Å²) in [7, 11) is 1.35. The smallest absolute Gasteiger partial charge is 0.317 e. The number of carbonyl (C=O) groups is 1. The quantitative estimate of drug-likeness (QED) is 0.637. The number of methoxy groups -OCH3 is 1. The third kappa shape index (κ3) is 5.04. The highest BCUT2D eigenvalue weighted by atomic mass is 16.5. The molecule has 0 N–H and O–H groups in total. The number of rotatable bonds is 4. The van der Waals surface area contributed by atoms with E-state index in [-0.39, 0.29) is 12.4 Å². The minimum atomic E-state index is -0.334. The Labute approximate surface area is 124 Å². The normalized spacial score (nSPS) is 9.38. The zero-order chi connectivity index (χ0) is 14.9. The van der Waals surface area contributed by atoms with Crippen LogP contribution in [0, 0.1) is 11.8 Å². The highest BCUT2D eigenvalue weighted by Gasteiger charge is 1.97. The van der Waals surface area contributed by atoms with Gasteiger partial charge in [0.15, 0.2) is 0 Å². The van der Waals surface area contributed by atoms with Crippen molar-refractivity contribution in [3.05, 3.63) is 65.7 Å². The maximum absolute atomic E-state index is 11.0. The van der Waals surface area contributed by atoms with E-state index in [1.165, 1.54) is 7.11 Å². The number of hydrogen-bond acceptors (Lipinski definition) is 3. The minimum absolute atomic E-state index is 0.0889. The van der Waals surface area contributed by atoms with Crippen LogP contribution in [0.5, 0.6) is 5.75 Å². The Morgan fingerprint density at radius 2 is 1.90 bits per heavy atom. The van der Waals surface area contributed by atoms with E-state index in [0.29, 0.717) is 6.61 Å². The molecule has 21 heavy (non-hydrogen) atoms. The maximum atomic E-state index is 11.0. The number of carbonyl (C=O) groups excluding carboxylic acids is 1. The molecule has 0 saturated carbocycles. The molecule has 0 aromatic heterocycles. The summed E-state index contributed by atoms with van der Waals surface area (Å²) in [5.41, 5.74) is 1.92. The molecule has 3 heteroatoms. The van der Waals surface area contributed by atoms with Crippen molar-refractivity contribution in [3.63, 3.8) is 0 Å². The van der Waals surface area contributed by atoms with Crippen LogP contribution in [0.1, 0.15) is 17.5 Å². The monoisotopic (exact) mass is 280 g/mol.